The quantitative estimate of drug-likeness (QED) is 0.582. The number of carbonyl (C=O) groups is 1. The molecule has 0 aliphatic rings. The minimum Gasteiger partial charge on any atom is -0.505 e. The standard InChI is InChI=1S/C16H18N2O3/c1-21-10-9-11-5-2-3-8-14(11)18-16(20)12-6-4-7-13(17)15(12)19/h2-8,19H,9-10,17H2,1H3,(H,18,20). The molecule has 1 amide bonds. The number of phenols is 1. The van der Waals surface area contributed by atoms with Crippen LogP contribution in [-0.2, 0) is 11.2 Å². The number of anilines is 2. The number of para-hydroxylation sites is 2. The Labute approximate surface area is 123 Å². The highest BCUT2D eigenvalue weighted by Gasteiger charge is 2.14. The topological polar surface area (TPSA) is 84.6 Å². The van der Waals surface area contributed by atoms with Crippen LogP contribution in [-0.4, -0.2) is 24.7 Å². The van der Waals surface area contributed by atoms with Gasteiger partial charge in [-0.25, -0.2) is 0 Å². The molecule has 0 spiro atoms. The van der Waals surface area contributed by atoms with E-state index in [0.29, 0.717) is 18.7 Å². The molecule has 2 rings (SSSR count). The Balaban J connectivity index is 2.22. The van der Waals surface area contributed by atoms with Crippen molar-refractivity contribution in [2.75, 3.05) is 24.8 Å². The minimum atomic E-state index is -0.398. The smallest absolute Gasteiger partial charge is 0.259 e. The Morgan fingerprint density at radius 1 is 1.24 bits per heavy atom. The molecule has 0 bridgehead atoms. The van der Waals surface area contributed by atoms with Crippen molar-refractivity contribution < 1.29 is 14.6 Å². The number of ether oxygens (including phenoxy) is 1. The van der Waals surface area contributed by atoms with Crippen LogP contribution in [0.15, 0.2) is 42.5 Å². The monoisotopic (exact) mass is 286 g/mol. The predicted octanol–water partition coefficient (Wildman–Crippen LogP) is 2.42. The molecule has 0 fully saturated rings. The summed E-state index contributed by atoms with van der Waals surface area (Å²) in [5, 5.41) is 12.6. The maximum atomic E-state index is 12.3. The predicted molar refractivity (Wildman–Crippen MR) is 82.5 cm³/mol. The number of aromatic hydroxyl groups is 1. The van der Waals surface area contributed by atoms with Crippen LogP contribution in [0.1, 0.15) is 15.9 Å². The Bertz CT molecular complexity index is 641. The molecule has 0 saturated carbocycles. The molecule has 0 aliphatic heterocycles. The highest BCUT2D eigenvalue weighted by Crippen LogP contribution is 2.26. The van der Waals surface area contributed by atoms with E-state index in [0.717, 1.165) is 5.56 Å². The molecular formula is C16H18N2O3. The van der Waals surface area contributed by atoms with Crippen molar-refractivity contribution in [3.8, 4) is 5.75 Å². The molecule has 0 saturated heterocycles. The van der Waals surface area contributed by atoms with Crippen molar-refractivity contribution >= 4 is 17.3 Å². The number of carbonyl (C=O) groups excluding carboxylic acids is 1. The second-order valence-electron chi connectivity index (χ2n) is 4.60. The lowest BCUT2D eigenvalue weighted by Gasteiger charge is -2.12. The summed E-state index contributed by atoms with van der Waals surface area (Å²) in [6.45, 7) is 0.566. The lowest BCUT2D eigenvalue weighted by Crippen LogP contribution is -2.14. The van der Waals surface area contributed by atoms with Crippen LogP contribution < -0.4 is 11.1 Å². The van der Waals surface area contributed by atoms with Crippen LogP contribution in [0.4, 0.5) is 11.4 Å². The van der Waals surface area contributed by atoms with Crippen molar-refractivity contribution in [1.29, 1.82) is 0 Å². The van der Waals surface area contributed by atoms with Crippen LogP contribution in [0.3, 0.4) is 0 Å². The minimum absolute atomic E-state index is 0.150. The molecule has 0 heterocycles. The summed E-state index contributed by atoms with van der Waals surface area (Å²) in [5.41, 5.74) is 7.59. The zero-order chi connectivity index (χ0) is 15.2. The highest BCUT2D eigenvalue weighted by atomic mass is 16.5. The van der Waals surface area contributed by atoms with E-state index in [9.17, 15) is 9.90 Å². The number of hydrogen-bond donors (Lipinski definition) is 3. The largest absolute Gasteiger partial charge is 0.505 e. The van der Waals surface area contributed by atoms with Crippen molar-refractivity contribution in [3.05, 3.63) is 53.6 Å². The maximum absolute atomic E-state index is 12.3. The lowest BCUT2D eigenvalue weighted by molar-refractivity contribution is 0.102. The van der Waals surface area contributed by atoms with E-state index < -0.39 is 5.91 Å². The van der Waals surface area contributed by atoms with E-state index in [2.05, 4.69) is 5.32 Å². The van der Waals surface area contributed by atoms with Gasteiger partial charge in [-0.15, -0.1) is 0 Å². The number of nitrogens with two attached hydrogens (primary N) is 1. The number of benzene rings is 2. The summed E-state index contributed by atoms with van der Waals surface area (Å²) in [6, 6.07) is 12.2. The zero-order valence-electron chi connectivity index (χ0n) is 11.8. The van der Waals surface area contributed by atoms with Gasteiger partial charge in [-0.05, 0) is 30.2 Å². The van der Waals surface area contributed by atoms with Gasteiger partial charge in [0.05, 0.1) is 17.9 Å². The average molecular weight is 286 g/mol. The number of amides is 1. The third-order valence-corrected chi connectivity index (χ3v) is 3.15. The number of rotatable bonds is 5. The maximum Gasteiger partial charge on any atom is 0.259 e. The fraction of sp³-hybridized carbons (Fsp3) is 0.188. The first-order valence-corrected chi connectivity index (χ1v) is 6.59. The molecular weight excluding hydrogens is 268 g/mol. The summed E-state index contributed by atoms with van der Waals surface area (Å²) in [4.78, 5) is 12.3. The molecule has 2 aromatic rings. The number of phenolic OH excluding ortho intramolecular Hbond substituents is 1. The summed E-state index contributed by atoms with van der Waals surface area (Å²) >= 11 is 0. The van der Waals surface area contributed by atoms with Crippen molar-refractivity contribution in [3.63, 3.8) is 0 Å². The van der Waals surface area contributed by atoms with E-state index in [1.54, 1.807) is 19.2 Å². The summed E-state index contributed by atoms with van der Waals surface area (Å²) in [7, 11) is 1.63. The first-order valence-electron chi connectivity index (χ1n) is 6.59. The Kier molecular flexibility index (Phi) is 4.79. The van der Waals surface area contributed by atoms with E-state index in [-0.39, 0.29) is 17.0 Å². The first kappa shape index (κ1) is 14.9. The van der Waals surface area contributed by atoms with Gasteiger partial charge < -0.3 is 20.9 Å². The normalized spacial score (nSPS) is 10.3. The van der Waals surface area contributed by atoms with Crippen molar-refractivity contribution in [2.24, 2.45) is 0 Å². The van der Waals surface area contributed by atoms with Crippen LogP contribution >= 0.6 is 0 Å². The van der Waals surface area contributed by atoms with Gasteiger partial charge in [-0.2, -0.15) is 0 Å². The van der Waals surface area contributed by atoms with E-state index in [1.807, 2.05) is 24.3 Å². The van der Waals surface area contributed by atoms with E-state index in [4.69, 9.17) is 10.5 Å². The number of hydrogen-bond acceptors (Lipinski definition) is 4. The Morgan fingerprint density at radius 3 is 2.76 bits per heavy atom. The zero-order valence-corrected chi connectivity index (χ0v) is 11.8. The fourth-order valence-electron chi connectivity index (χ4n) is 2.01. The van der Waals surface area contributed by atoms with Crippen LogP contribution in [0.5, 0.6) is 5.75 Å². The van der Waals surface area contributed by atoms with E-state index >= 15 is 0 Å². The summed E-state index contributed by atoms with van der Waals surface area (Å²) < 4.78 is 5.06. The molecule has 110 valence electrons. The second kappa shape index (κ2) is 6.76. The van der Waals surface area contributed by atoms with Gasteiger partial charge in [0.15, 0.2) is 5.75 Å². The van der Waals surface area contributed by atoms with Crippen LogP contribution in [0, 0.1) is 0 Å². The molecule has 21 heavy (non-hydrogen) atoms. The molecule has 2 aromatic carbocycles. The fourth-order valence-corrected chi connectivity index (χ4v) is 2.01. The molecule has 0 unspecified atom stereocenters. The molecule has 0 atom stereocenters. The molecule has 5 heteroatoms. The summed E-state index contributed by atoms with van der Waals surface area (Å²) in [5.74, 6) is -0.603. The lowest BCUT2D eigenvalue weighted by atomic mass is 10.1. The van der Waals surface area contributed by atoms with Gasteiger partial charge in [0.25, 0.3) is 5.91 Å². The Hall–Kier alpha value is -2.53. The van der Waals surface area contributed by atoms with Gasteiger partial charge in [0, 0.05) is 12.8 Å². The van der Waals surface area contributed by atoms with Crippen LogP contribution in [0.2, 0.25) is 0 Å². The van der Waals surface area contributed by atoms with Gasteiger partial charge in [-0.1, -0.05) is 24.3 Å². The van der Waals surface area contributed by atoms with Gasteiger partial charge in [0.2, 0.25) is 0 Å². The SMILES string of the molecule is COCCc1ccccc1NC(=O)c1cccc(N)c1O. The number of methoxy groups -OCH3 is 1. The van der Waals surface area contributed by atoms with Crippen molar-refractivity contribution in [1.82, 2.24) is 0 Å². The third kappa shape index (κ3) is 3.52. The Morgan fingerprint density at radius 2 is 2.00 bits per heavy atom. The number of nitrogens with one attached hydrogen (secondary N) is 1. The molecule has 0 radical (unpaired) electrons. The van der Waals surface area contributed by atoms with E-state index in [1.165, 1.54) is 6.07 Å². The summed E-state index contributed by atoms with van der Waals surface area (Å²) in [6.07, 6.45) is 0.690. The van der Waals surface area contributed by atoms with Crippen LogP contribution in [0.25, 0.3) is 0 Å². The highest BCUT2D eigenvalue weighted by molar-refractivity contribution is 6.07. The number of nitrogen functional groups attached to an aromatic ring is 1. The third-order valence-electron chi connectivity index (χ3n) is 3.15. The van der Waals surface area contributed by atoms with Gasteiger partial charge in [-0.3, -0.25) is 4.79 Å². The second-order valence-corrected chi connectivity index (χ2v) is 4.60. The van der Waals surface area contributed by atoms with Crippen molar-refractivity contribution in [2.45, 2.75) is 6.42 Å². The van der Waals surface area contributed by atoms with Gasteiger partial charge >= 0.3 is 0 Å². The molecule has 4 N–H and O–H groups in total. The van der Waals surface area contributed by atoms with Gasteiger partial charge in [0.1, 0.15) is 0 Å². The molecule has 0 aromatic heterocycles. The molecule has 0 aliphatic carbocycles. The molecule has 5 nitrogen and oxygen atoms in total. The first-order chi connectivity index (χ1) is 10.1. The average Bonchev–Trinajstić information content (AvgIpc) is 2.49.